The van der Waals surface area contributed by atoms with Crippen molar-refractivity contribution in [2.45, 2.75) is 37.7 Å². The maximum Gasteiger partial charge on any atom is 0.0920 e. The number of hydrogen-bond acceptors (Lipinski definition) is 4. The smallest absolute Gasteiger partial charge is 0.0920 e. The molecule has 3 rings (SSSR count). The third-order valence-electron chi connectivity index (χ3n) is 3.71. The van der Waals surface area contributed by atoms with Crippen molar-refractivity contribution >= 4 is 11.5 Å². The molecular formula is C14H16N2OS. The van der Waals surface area contributed by atoms with Gasteiger partial charge in [0.1, 0.15) is 0 Å². The Morgan fingerprint density at radius 2 is 2.28 bits per heavy atom. The highest BCUT2D eigenvalue weighted by Gasteiger charge is 2.23. The van der Waals surface area contributed by atoms with Crippen LogP contribution in [0.3, 0.4) is 0 Å². The lowest BCUT2D eigenvalue weighted by Gasteiger charge is -2.26. The number of benzene rings is 1. The maximum absolute atomic E-state index is 10.2. The number of aryl methyl sites for hydroxylation is 1. The number of rotatable bonds is 3. The van der Waals surface area contributed by atoms with E-state index in [1.165, 1.54) is 41.9 Å². The first-order chi connectivity index (χ1) is 8.84. The number of aromatic nitrogens is 2. The summed E-state index contributed by atoms with van der Waals surface area (Å²) in [6.45, 7) is 0. The van der Waals surface area contributed by atoms with Gasteiger partial charge in [-0.15, -0.1) is 5.10 Å². The number of nitrogens with zero attached hydrogens (tertiary/aromatic N) is 2. The summed E-state index contributed by atoms with van der Waals surface area (Å²) < 4.78 is 3.81. The normalized spacial score (nSPS) is 20.4. The van der Waals surface area contributed by atoms with Crippen molar-refractivity contribution in [1.29, 1.82) is 0 Å². The maximum atomic E-state index is 10.2. The van der Waals surface area contributed by atoms with Crippen molar-refractivity contribution in [3.8, 4) is 0 Å². The molecule has 0 bridgehead atoms. The van der Waals surface area contributed by atoms with E-state index in [0.717, 1.165) is 11.3 Å². The van der Waals surface area contributed by atoms with Gasteiger partial charge in [-0.3, -0.25) is 0 Å². The molecule has 1 N–H and O–H groups in total. The van der Waals surface area contributed by atoms with Crippen molar-refractivity contribution in [2.75, 3.05) is 0 Å². The first-order valence-electron chi connectivity index (χ1n) is 6.37. The summed E-state index contributed by atoms with van der Waals surface area (Å²) in [4.78, 5) is 0.873. The molecular weight excluding hydrogens is 244 g/mol. The van der Waals surface area contributed by atoms with Crippen LogP contribution >= 0.6 is 11.5 Å². The van der Waals surface area contributed by atoms with E-state index in [4.69, 9.17) is 0 Å². The van der Waals surface area contributed by atoms with Gasteiger partial charge >= 0.3 is 0 Å². The van der Waals surface area contributed by atoms with Crippen LogP contribution in [0.5, 0.6) is 0 Å². The third kappa shape index (κ3) is 2.31. The van der Waals surface area contributed by atoms with Gasteiger partial charge in [-0.2, -0.15) is 0 Å². The average Bonchev–Trinajstić information content (AvgIpc) is 2.93. The molecule has 1 aliphatic rings. The fourth-order valence-corrected chi connectivity index (χ4v) is 3.31. The van der Waals surface area contributed by atoms with E-state index in [9.17, 15) is 5.11 Å². The Morgan fingerprint density at radius 3 is 3.11 bits per heavy atom. The number of hydrogen-bond donors (Lipinski definition) is 1. The molecule has 0 fully saturated rings. The van der Waals surface area contributed by atoms with E-state index < -0.39 is 6.10 Å². The lowest BCUT2D eigenvalue weighted by molar-refractivity contribution is 0.157. The zero-order valence-electron chi connectivity index (χ0n) is 10.1. The third-order valence-corrected chi connectivity index (χ3v) is 4.47. The predicted molar refractivity (Wildman–Crippen MR) is 71.6 cm³/mol. The van der Waals surface area contributed by atoms with Gasteiger partial charge < -0.3 is 5.11 Å². The highest BCUT2D eigenvalue weighted by atomic mass is 32.1. The minimum Gasteiger partial charge on any atom is -0.387 e. The molecule has 18 heavy (non-hydrogen) atoms. The summed E-state index contributed by atoms with van der Waals surface area (Å²) in [5.41, 5.74) is 2.86. The fraction of sp³-hybridized carbons (Fsp3) is 0.429. The van der Waals surface area contributed by atoms with Crippen LogP contribution in [0.2, 0.25) is 0 Å². The summed E-state index contributed by atoms with van der Waals surface area (Å²) >= 11 is 1.29. The lowest BCUT2D eigenvalue weighted by Crippen LogP contribution is -2.12. The average molecular weight is 260 g/mol. The number of aliphatic hydroxyl groups excluding tert-OH is 1. The Balaban J connectivity index is 1.78. The van der Waals surface area contributed by atoms with Gasteiger partial charge in [0.2, 0.25) is 0 Å². The van der Waals surface area contributed by atoms with Gasteiger partial charge in [0.25, 0.3) is 0 Å². The number of aliphatic hydroxyl groups is 1. The molecule has 2 aromatic rings. The van der Waals surface area contributed by atoms with Crippen molar-refractivity contribution < 1.29 is 5.11 Å². The van der Waals surface area contributed by atoms with Crippen LogP contribution < -0.4 is 0 Å². The van der Waals surface area contributed by atoms with Gasteiger partial charge in [-0.25, -0.2) is 0 Å². The molecule has 2 unspecified atom stereocenters. The molecule has 0 saturated heterocycles. The molecule has 1 heterocycles. The van der Waals surface area contributed by atoms with Crippen LogP contribution in [-0.2, 0) is 6.42 Å². The molecule has 94 valence electrons. The Kier molecular flexibility index (Phi) is 3.39. The second-order valence-corrected chi connectivity index (χ2v) is 5.68. The Morgan fingerprint density at radius 1 is 1.39 bits per heavy atom. The second-order valence-electron chi connectivity index (χ2n) is 4.86. The van der Waals surface area contributed by atoms with Crippen molar-refractivity contribution in [2.24, 2.45) is 0 Å². The summed E-state index contributed by atoms with van der Waals surface area (Å²) in [7, 11) is 0. The SMILES string of the molecule is OC(CC1CCCc2ccccc21)c1cnns1. The molecule has 0 radical (unpaired) electrons. The summed E-state index contributed by atoms with van der Waals surface area (Å²) in [6, 6.07) is 8.61. The molecule has 0 spiro atoms. The highest BCUT2D eigenvalue weighted by molar-refractivity contribution is 7.05. The zero-order valence-corrected chi connectivity index (χ0v) is 10.9. The first-order valence-corrected chi connectivity index (χ1v) is 7.15. The van der Waals surface area contributed by atoms with Crippen LogP contribution in [0.1, 0.15) is 47.3 Å². The molecule has 1 aromatic heterocycles. The van der Waals surface area contributed by atoms with E-state index in [0.29, 0.717) is 5.92 Å². The Bertz CT molecular complexity index is 512. The van der Waals surface area contributed by atoms with Crippen LogP contribution in [0.25, 0.3) is 0 Å². The largest absolute Gasteiger partial charge is 0.387 e. The van der Waals surface area contributed by atoms with Crippen LogP contribution in [0.4, 0.5) is 0 Å². The highest BCUT2D eigenvalue weighted by Crippen LogP contribution is 2.37. The first kappa shape index (κ1) is 11.8. The summed E-state index contributed by atoms with van der Waals surface area (Å²) in [6.07, 6.45) is 5.58. The second kappa shape index (κ2) is 5.16. The predicted octanol–water partition coefficient (Wildman–Crippen LogP) is 3.08. The quantitative estimate of drug-likeness (QED) is 0.922. The standard InChI is InChI=1S/C14H16N2OS/c17-13(14-9-15-16-18-14)8-11-6-3-5-10-4-1-2-7-12(10)11/h1-2,4,7,9,11,13,17H,3,5-6,8H2. The lowest BCUT2D eigenvalue weighted by atomic mass is 9.80. The van der Waals surface area contributed by atoms with Gasteiger partial charge in [0.15, 0.2) is 0 Å². The van der Waals surface area contributed by atoms with E-state index in [2.05, 4.69) is 33.9 Å². The van der Waals surface area contributed by atoms with E-state index in [1.54, 1.807) is 6.20 Å². The number of fused-ring (bicyclic) bond motifs is 1. The molecule has 4 heteroatoms. The van der Waals surface area contributed by atoms with Gasteiger partial charge in [0, 0.05) is 0 Å². The van der Waals surface area contributed by atoms with E-state index in [-0.39, 0.29) is 0 Å². The molecule has 0 amide bonds. The monoisotopic (exact) mass is 260 g/mol. The minimum absolute atomic E-state index is 0.429. The fourth-order valence-electron chi connectivity index (χ4n) is 2.81. The van der Waals surface area contributed by atoms with Crippen LogP contribution in [0, 0.1) is 0 Å². The topological polar surface area (TPSA) is 46.0 Å². The molecule has 3 nitrogen and oxygen atoms in total. The van der Waals surface area contributed by atoms with Crippen molar-refractivity contribution in [3.63, 3.8) is 0 Å². The minimum atomic E-state index is -0.429. The van der Waals surface area contributed by atoms with E-state index in [1.807, 2.05) is 0 Å². The van der Waals surface area contributed by atoms with Crippen molar-refractivity contribution in [1.82, 2.24) is 9.59 Å². The summed E-state index contributed by atoms with van der Waals surface area (Å²) in [5, 5.41) is 14.0. The van der Waals surface area contributed by atoms with E-state index >= 15 is 0 Å². The zero-order chi connectivity index (χ0) is 12.4. The Labute approximate surface area is 111 Å². The van der Waals surface area contributed by atoms with Gasteiger partial charge in [-0.1, -0.05) is 28.8 Å². The van der Waals surface area contributed by atoms with Crippen LogP contribution in [-0.4, -0.2) is 14.7 Å². The molecule has 1 aliphatic carbocycles. The molecule has 2 atom stereocenters. The van der Waals surface area contributed by atoms with Crippen LogP contribution in [0.15, 0.2) is 30.5 Å². The summed E-state index contributed by atoms with van der Waals surface area (Å²) in [5.74, 6) is 0.465. The van der Waals surface area contributed by atoms with Crippen molar-refractivity contribution in [3.05, 3.63) is 46.5 Å². The van der Waals surface area contributed by atoms with Gasteiger partial charge in [-0.05, 0) is 54.3 Å². The molecule has 0 aliphatic heterocycles. The molecule has 0 saturated carbocycles. The van der Waals surface area contributed by atoms with Gasteiger partial charge in [0.05, 0.1) is 17.2 Å². The Hall–Kier alpha value is -1.26. The molecule has 1 aromatic carbocycles.